The van der Waals surface area contributed by atoms with Gasteiger partial charge in [0.1, 0.15) is 13.2 Å². The summed E-state index contributed by atoms with van der Waals surface area (Å²) in [6.45, 7) is 4.92. The zero-order valence-electron chi connectivity index (χ0n) is 49.1. The molecule has 0 aromatic heterocycles. The molecule has 0 saturated carbocycles. The molecule has 0 fully saturated rings. The summed E-state index contributed by atoms with van der Waals surface area (Å²) in [5.41, 5.74) is 0. The predicted octanol–water partition coefficient (Wildman–Crippen LogP) is 18.7. The first-order valence-corrected chi connectivity index (χ1v) is 31.5. The standard InChI is InChI=1S/C64H121NO8/c1-6-8-10-12-14-16-18-20-22-24-25-26-27-28-29-30-31-32-33-34-35-36-37-39-41-43-45-47-49-51-53-55-62(67)73-60(59-72-64(63(68)69)70-57-56-65(3,4)5)58-71-61(66)54-52-50-48-46-44-42-40-38-23-21-19-17-15-13-11-9-7-2/h21,23-25,60,64H,6-20,22,26-59H2,1-5H3/p+1/b23-21-,25-24-. The Morgan fingerprint density at radius 1 is 0.397 bits per heavy atom. The Balaban J connectivity index is 4.09. The molecule has 0 radical (unpaired) electrons. The molecule has 2 unspecified atom stereocenters. The summed E-state index contributed by atoms with van der Waals surface area (Å²) in [7, 11) is 5.98. The van der Waals surface area contributed by atoms with Gasteiger partial charge in [-0.3, -0.25) is 9.59 Å². The van der Waals surface area contributed by atoms with Crippen LogP contribution in [0.4, 0.5) is 0 Å². The van der Waals surface area contributed by atoms with E-state index in [1.54, 1.807) is 0 Å². The maximum Gasteiger partial charge on any atom is 0.361 e. The van der Waals surface area contributed by atoms with E-state index in [0.717, 1.165) is 38.5 Å². The third kappa shape index (κ3) is 57.3. The van der Waals surface area contributed by atoms with Crippen molar-refractivity contribution < 1.29 is 42.9 Å². The largest absolute Gasteiger partial charge is 0.477 e. The van der Waals surface area contributed by atoms with Crippen LogP contribution in [0.25, 0.3) is 0 Å². The average Bonchev–Trinajstić information content (AvgIpc) is 3.36. The first-order valence-electron chi connectivity index (χ1n) is 31.5. The van der Waals surface area contributed by atoms with Crippen LogP contribution in [-0.2, 0) is 33.3 Å². The number of hydrogen-bond donors (Lipinski definition) is 1. The monoisotopic (exact) mass is 1030 g/mol. The zero-order valence-corrected chi connectivity index (χ0v) is 49.1. The number of carboxylic acid groups (broad SMARTS) is 1. The van der Waals surface area contributed by atoms with Crippen LogP contribution in [0.3, 0.4) is 0 Å². The van der Waals surface area contributed by atoms with Crippen LogP contribution < -0.4 is 0 Å². The first-order chi connectivity index (χ1) is 35.6. The van der Waals surface area contributed by atoms with Crippen LogP contribution in [0.1, 0.15) is 309 Å². The second-order valence-corrected chi connectivity index (χ2v) is 22.7. The van der Waals surface area contributed by atoms with E-state index in [1.807, 2.05) is 21.1 Å². The number of likely N-dealkylation sites (N-methyl/N-ethyl adjacent to an activating group) is 1. The Morgan fingerprint density at radius 2 is 0.699 bits per heavy atom. The number of hydrogen-bond acceptors (Lipinski definition) is 7. The quantitative estimate of drug-likeness (QED) is 0.0211. The Hall–Kier alpha value is -2.23. The number of carbonyl (C=O) groups excluding carboxylic acids is 2. The third-order valence-electron chi connectivity index (χ3n) is 14.2. The molecule has 9 nitrogen and oxygen atoms in total. The van der Waals surface area contributed by atoms with Gasteiger partial charge in [-0.2, -0.15) is 0 Å². The van der Waals surface area contributed by atoms with Gasteiger partial charge in [0.15, 0.2) is 6.10 Å². The van der Waals surface area contributed by atoms with Crippen LogP contribution in [0.5, 0.6) is 0 Å². The van der Waals surface area contributed by atoms with Gasteiger partial charge in [0.25, 0.3) is 6.29 Å². The number of aliphatic carboxylic acids is 1. The van der Waals surface area contributed by atoms with Gasteiger partial charge in [-0.15, -0.1) is 0 Å². The lowest BCUT2D eigenvalue weighted by molar-refractivity contribution is -0.870. The van der Waals surface area contributed by atoms with Crippen LogP contribution in [0.15, 0.2) is 24.3 Å². The summed E-state index contributed by atoms with van der Waals surface area (Å²) in [4.78, 5) is 37.4. The predicted molar refractivity (Wildman–Crippen MR) is 309 cm³/mol. The molecule has 0 aliphatic heterocycles. The van der Waals surface area contributed by atoms with E-state index in [2.05, 4.69) is 38.2 Å². The maximum absolute atomic E-state index is 12.9. The van der Waals surface area contributed by atoms with Crippen LogP contribution in [0.2, 0.25) is 0 Å². The van der Waals surface area contributed by atoms with Crippen molar-refractivity contribution in [2.45, 2.75) is 322 Å². The zero-order chi connectivity index (χ0) is 53.4. The van der Waals surface area contributed by atoms with Gasteiger partial charge in [0, 0.05) is 12.8 Å². The van der Waals surface area contributed by atoms with Gasteiger partial charge < -0.3 is 28.5 Å². The SMILES string of the molecule is CCCCCCCC/C=C\CCCCCCCCCC(=O)OCC(COC(OCC[N+](C)(C)C)C(=O)O)OC(=O)CCCCCCCCCCCCCCCCCCCCC/C=C\CCCCCCCCCC. The number of allylic oxidation sites excluding steroid dienone is 4. The summed E-state index contributed by atoms with van der Waals surface area (Å²) in [5, 5.41) is 9.71. The van der Waals surface area contributed by atoms with E-state index in [9.17, 15) is 19.5 Å². The number of carbonyl (C=O) groups is 3. The summed E-state index contributed by atoms with van der Waals surface area (Å²) in [6, 6.07) is 0. The lowest BCUT2D eigenvalue weighted by atomic mass is 10.0. The van der Waals surface area contributed by atoms with E-state index in [4.69, 9.17) is 18.9 Å². The van der Waals surface area contributed by atoms with Crippen molar-refractivity contribution in [2.24, 2.45) is 0 Å². The molecule has 9 heteroatoms. The number of nitrogens with zero attached hydrogens (tertiary/aromatic N) is 1. The molecule has 0 aromatic carbocycles. The van der Waals surface area contributed by atoms with Gasteiger partial charge in [-0.25, -0.2) is 4.79 Å². The van der Waals surface area contributed by atoms with Gasteiger partial charge in [-0.1, -0.05) is 256 Å². The summed E-state index contributed by atoms with van der Waals surface area (Å²) in [5.74, 6) is -1.99. The normalized spacial score (nSPS) is 12.8. The number of unbranched alkanes of at least 4 members (excludes halogenated alkanes) is 40. The number of carboxylic acids is 1. The summed E-state index contributed by atoms with van der Waals surface area (Å²) >= 11 is 0. The fourth-order valence-electron chi connectivity index (χ4n) is 9.30. The Labute approximate surface area is 452 Å². The van der Waals surface area contributed by atoms with E-state index >= 15 is 0 Å². The minimum Gasteiger partial charge on any atom is -0.477 e. The van der Waals surface area contributed by atoms with Crippen molar-refractivity contribution in [2.75, 3.05) is 47.5 Å². The van der Waals surface area contributed by atoms with Crippen LogP contribution >= 0.6 is 0 Å². The lowest BCUT2D eigenvalue weighted by Gasteiger charge is -2.25. The van der Waals surface area contributed by atoms with Crippen LogP contribution in [-0.4, -0.2) is 87.4 Å². The molecule has 430 valence electrons. The molecule has 0 rings (SSSR count). The van der Waals surface area contributed by atoms with Crippen LogP contribution in [0, 0.1) is 0 Å². The van der Waals surface area contributed by atoms with Gasteiger partial charge in [-0.05, 0) is 64.2 Å². The van der Waals surface area contributed by atoms with Gasteiger partial charge in [0.05, 0.1) is 34.4 Å². The molecule has 0 aliphatic carbocycles. The number of esters is 2. The highest BCUT2D eigenvalue weighted by Crippen LogP contribution is 2.17. The molecule has 0 amide bonds. The molecule has 0 spiro atoms. The van der Waals surface area contributed by atoms with E-state index in [1.165, 1.54) is 244 Å². The van der Waals surface area contributed by atoms with E-state index in [-0.39, 0.29) is 38.2 Å². The Kier molecular flexibility index (Phi) is 54.3. The number of rotatable bonds is 59. The van der Waals surface area contributed by atoms with E-state index in [0.29, 0.717) is 17.4 Å². The second-order valence-electron chi connectivity index (χ2n) is 22.7. The molecule has 1 N–H and O–H groups in total. The molecule has 0 bridgehead atoms. The highest BCUT2D eigenvalue weighted by molar-refractivity contribution is 5.71. The van der Waals surface area contributed by atoms with Gasteiger partial charge >= 0.3 is 17.9 Å². The third-order valence-corrected chi connectivity index (χ3v) is 14.2. The fraction of sp³-hybridized carbons (Fsp3) is 0.891. The lowest BCUT2D eigenvalue weighted by Crippen LogP contribution is -2.40. The second kappa shape index (κ2) is 56.0. The molecule has 2 atom stereocenters. The molecule has 73 heavy (non-hydrogen) atoms. The highest BCUT2D eigenvalue weighted by Gasteiger charge is 2.25. The minimum atomic E-state index is -1.51. The Bertz CT molecular complexity index is 1250. The maximum atomic E-state index is 12.9. The summed E-state index contributed by atoms with van der Waals surface area (Å²) < 4.78 is 22.9. The molecule has 0 aromatic rings. The van der Waals surface area contributed by atoms with Crippen molar-refractivity contribution in [1.29, 1.82) is 0 Å². The van der Waals surface area contributed by atoms with Gasteiger partial charge in [0.2, 0.25) is 0 Å². The summed E-state index contributed by atoms with van der Waals surface area (Å²) in [6.07, 6.45) is 64.2. The highest BCUT2D eigenvalue weighted by atomic mass is 16.7. The van der Waals surface area contributed by atoms with E-state index < -0.39 is 18.4 Å². The van der Waals surface area contributed by atoms with Crippen molar-refractivity contribution in [3.8, 4) is 0 Å². The molecular formula is C64H122NO8+. The number of quaternary nitrogens is 1. The van der Waals surface area contributed by atoms with Crippen molar-refractivity contribution in [3.63, 3.8) is 0 Å². The number of ether oxygens (including phenoxy) is 4. The van der Waals surface area contributed by atoms with Crippen molar-refractivity contribution in [3.05, 3.63) is 24.3 Å². The fourth-order valence-corrected chi connectivity index (χ4v) is 9.30. The smallest absolute Gasteiger partial charge is 0.361 e. The average molecular weight is 1030 g/mol. The molecular weight excluding hydrogens is 911 g/mol. The first kappa shape index (κ1) is 70.8. The minimum absolute atomic E-state index is 0.179. The van der Waals surface area contributed by atoms with Crippen molar-refractivity contribution in [1.82, 2.24) is 0 Å². The van der Waals surface area contributed by atoms with Crippen molar-refractivity contribution >= 4 is 17.9 Å². The molecule has 0 saturated heterocycles. The molecule has 0 aliphatic rings. The topological polar surface area (TPSA) is 108 Å². The molecule has 0 heterocycles. The Morgan fingerprint density at radius 3 is 1.01 bits per heavy atom.